The van der Waals surface area contributed by atoms with Crippen LogP contribution in [0.3, 0.4) is 0 Å². The van der Waals surface area contributed by atoms with E-state index in [-0.39, 0.29) is 24.0 Å². The van der Waals surface area contributed by atoms with Gasteiger partial charge in [-0.05, 0) is 36.8 Å². The molecule has 186 valence electrons. The van der Waals surface area contributed by atoms with E-state index in [2.05, 4.69) is 20.5 Å². The highest BCUT2D eigenvalue weighted by atomic mass is 35.5. The maximum absolute atomic E-state index is 12.9. The van der Waals surface area contributed by atoms with Gasteiger partial charge in [-0.3, -0.25) is 9.59 Å². The monoisotopic (exact) mass is 499 g/mol. The Hall–Kier alpha value is -3.27. The number of nitrogens with one attached hydrogen (secondary N) is 3. The first-order valence-electron chi connectivity index (χ1n) is 11.4. The second-order valence-corrected chi connectivity index (χ2v) is 9.00. The number of piperidine rings is 1. The first-order valence-corrected chi connectivity index (χ1v) is 11.8. The number of aromatic amines is 1. The molecule has 10 heteroatoms. The third-order valence-corrected chi connectivity index (χ3v) is 6.65. The van der Waals surface area contributed by atoms with Crippen LogP contribution in [0.2, 0.25) is 5.02 Å². The number of H-pyrrole nitrogens is 1. The number of aromatic nitrogens is 1. The molecule has 1 saturated heterocycles. The second kappa shape index (κ2) is 11.0. The highest BCUT2D eigenvalue weighted by Gasteiger charge is 2.31. The molecule has 0 aliphatic carbocycles. The molecule has 2 heterocycles. The molecule has 4 rings (SSSR count). The molecule has 35 heavy (non-hydrogen) atoms. The highest BCUT2D eigenvalue weighted by Crippen LogP contribution is 2.29. The normalized spacial score (nSPS) is 18.4. The number of hydrogen-bond acceptors (Lipinski definition) is 6. The van der Waals surface area contributed by atoms with Crippen molar-refractivity contribution in [1.29, 1.82) is 0 Å². The van der Waals surface area contributed by atoms with E-state index in [0.717, 1.165) is 23.1 Å². The zero-order valence-electron chi connectivity index (χ0n) is 19.8. The van der Waals surface area contributed by atoms with Crippen LogP contribution in [-0.4, -0.2) is 67.7 Å². The minimum atomic E-state index is -0.303. The van der Waals surface area contributed by atoms with Crippen molar-refractivity contribution in [3.05, 3.63) is 53.2 Å². The molecule has 0 saturated carbocycles. The molecular weight excluding hydrogens is 470 g/mol. The first-order chi connectivity index (χ1) is 16.9. The number of amides is 2. The van der Waals surface area contributed by atoms with Crippen molar-refractivity contribution in [3.8, 4) is 5.75 Å². The minimum Gasteiger partial charge on any atom is -0.496 e. The summed E-state index contributed by atoms with van der Waals surface area (Å²) in [6, 6.07) is 10.6. The van der Waals surface area contributed by atoms with Gasteiger partial charge in [-0.25, -0.2) is 0 Å². The van der Waals surface area contributed by atoms with E-state index in [9.17, 15) is 9.59 Å². The Labute approximate surface area is 208 Å². The number of fused-ring (bicyclic) bond motifs is 1. The van der Waals surface area contributed by atoms with Gasteiger partial charge in [0.15, 0.2) is 0 Å². The molecule has 1 aliphatic rings. The lowest BCUT2D eigenvalue weighted by atomic mass is 10.0. The predicted octanol–water partition coefficient (Wildman–Crippen LogP) is 3.26. The molecule has 2 atom stereocenters. The summed E-state index contributed by atoms with van der Waals surface area (Å²) < 4.78 is 11.0. The number of ether oxygens (including phenoxy) is 2. The number of nitrogens with zero attached hydrogens (tertiary/aromatic N) is 1. The summed E-state index contributed by atoms with van der Waals surface area (Å²) in [5.74, 6) is 0.0112. The number of carbonyl (C=O) groups excluding carboxylic acids is 2. The Morgan fingerprint density at radius 2 is 2.06 bits per heavy atom. The van der Waals surface area contributed by atoms with Gasteiger partial charge >= 0.3 is 0 Å². The van der Waals surface area contributed by atoms with Crippen LogP contribution in [0, 0.1) is 0 Å². The average molecular weight is 500 g/mol. The molecule has 1 aliphatic heterocycles. The fourth-order valence-corrected chi connectivity index (χ4v) is 4.53. The Morgan fingerprint density at radius 1 is 1.23 bits per heavy atom. The van der Waals surface area contributed by atoms with Crippen LogP contribution in [0.15, 0.2) is 42.6 Å². The fraction of sp³-hybridized carbons (Fsp3) is 0.360. The zero-order valence-corrected chi connectivity index (χ0v) is 20.5. The lowest BCUT2D eigenvalue weighted by molar-refractivity contribution is -0.116. The summed E-state index contributed by atoms with van der Waals surface area (Å²) in [6.07, 6.45) is 2.69. The number of nitrogens with two attached hydrogens (primary N) is 1. The lowest BCUT2D eigenvalue weighted by Gasteiger charge is -2.38. The quantitative estimate of drug-likeness (QED) is 0.353. The SMILES string of the molecule is COc1cc(N)c(Cl)cc1C(=O)N[C@H]1CCN(CCC(=O)Nc2ccc3[nH]ccc3c2)C[C@H]1OC. The van der Waals surface area contributed by atoms with Gasteiger partial charge in [0.05, 0.1) is 35.5 Å². The van der Waals surface area contributed by atoms with Crippen molar-refractivity contribution in [2.75, 3.05) is 44.9 Å². The Balaban J connectivity index is 1.29. The van der Waals surface area contributed by atoms with Crippen molar-refractivity contribution in [2.45, 2.75) is 25.0 Å². The first kappa shape index (κ1) is 24.8. The molecule has 2 amide bonds. The average Bonchev–Trinajstić information content (AvgIpc) is 3.32. The van der Waals surface area contributed by atoms with Gasteiger partial charge in [0.1, 0.15) is 5.75 Å². The molecule has 0 bridgehead atoms. The van der Waals surface area contributed by atoms with Crippen LogP contribution in [0.25, 0.3) is 10.9 Å². The van der Waals surface area contributed by atoms with Gasteiger partial charge in [0.25, 0.3) is 5.91 Å². The van der Waals surface area contributed by atoms with Crippen LogP contribution in [0.5, 0.6) is 5.75 Å². The van der Waals surface area contributed by atoms with Gasteiger partial charge in [-0.2, -0.15) is 0 Å². The molecule has 3 aromatic rings. The topological polar surface area (TPSA) is 122 Å². The molecule has 0 unspecified atom stereocenters. The number of nitrogen functional groups attached to an aromatic ring is 1. The van der Waals surface area contributed by atoms with Crippen LogP contribution < -0.4 is 21.1 Å². The molecule has 1 aromatic heterocycles. The summed E-state index contributed by atoms with van der Waals surface area (Å²) in [6.45, 7) is 1.93. The van der Waals surface area contributed by atoms with E-state index in [0.29, 0.717) is 48.0 Å². The lowest BCUT2D eigenvalue weighted by Crippen LogP contribution is -2.55. The fourth-order valence-electron chi connectivity index (χ4n) is 4.36. The maximum Gasteiger partial charge on any atom is 0.255 e. The second-order valence-electron chi connectivity index (χ2n) is 8.60. The van der Waals surface area contributed by atoms with E-state index < -0.39 is 0 Å². The summed E-state index contributed by atoms with van der Waals surface area (Å²) in [4.78, 5) is 30.7. The van der Waals surface area contributed by atoms with Crippen LogP contribution in [0.4, 0.5) is 11.4 Å². The standard InChI is InChI=1S/C25H30ClN5O4/c1-34-22-13-19(27)18(26)12-17(22)25(33)30-21-6-9-31(14-23(21)35-2)10-7-24(32)29-16-3-4-20-15(11-16)5-8-28-20/h3-5,8,11-13,21,23,28H,6-7,9-10,14,27H2,1-2H3,(H,29,32)(H,30,33)/t21-,23+/m0/s1. The van der Waals surface area contributed by atoms with Gasteiger partial charge in [0.2, 0.25) is 5.91 Å². The number of halogens is 1. The number of anilines is 2. The highest BCUT2D eigenvalue weighted by molar-refractivity contribution is 6.33. The largest absolute Gasteiger partial charge is 0.496 e. The van der Waals surface area contributed by atoms with Crippen molar-refractivity contribution < 1.29 is 19.1 Å². The smallest absolute Gasteiger partial charge is 0.255 e. The zero-order chi connectivity index (χ0) is 24.9. The number of hydrogen-bond donors (Lipinski definition) is 4. The molecule has 1 fully saturated rings. The number of methoxy groups -OCH3 is 2. The van der Waals surface area contributed by atoms with Crippen LogP contribution in [-0.2, 0) is 9.53 Å². The minimum absolute atomic E-state index is 0.0448. The van der Waals surface area contributed by atoms with E-state index >= 15 is 0 Å². The summed E-state index contributed by atoms with van der Waals surface area (Å²) in [7, 11) is 3.10. The van der Waals surface area contributed by atoms with Gasteiger partial charge < -0.3 is 35.7 Å². The Bertz CT molecular complexity index is 1210. The Kier molecular flexibility index (Phi) is 7.80. The van der Waals surface area contributed by atoms with Gasteiger partial charge in [0, 0.05) is 62.0 Å². The van der Waals surface area contributed by atoms with Crippen molar-refractivity contribution in [3.63, 3.8) is 0 Å². The maximum atomic E-state index is 12.9. The van der Waals surface area contributed by atoms with E-state index in [1.807, 2.05) is 30.5 Å². The van der Waals surface area contributed by atoms with Crippen molar-refractivity contribution in [2.24, 2.45) is 0 Å². The summed E-state index contributed by atoms with van der Waals surface area (Å²) in [5.41, 5.74) is 8.29. The van der Waals surface area contributed by atoms with E-state index in [1.54, 1.807) is 7.11 Å². The molecule has 9 nitrogen and oxygen atoms in total. The number of likely N-dealkylation sites (tertiary alicyclic amines) is 1. The molecule has 5 N–H and O–H groups in total. The summed E-state index contributed by atoms with van der Waals surface area (Å²) in [5, 5.41) is 7.34. The van der Waals surface area contributed by atoms with Crippen molar-refractivity contribution >= 4 is 45.7 Å². The molecule has 0 radical (unpaired) electrons. The third-order valence-electron chi connectivity index (χ3n) is 6.32. The van der Waals surface area contributed by atoms with E-state index in [4.69, 9.17) is 26.8 Å². The Morgan fingerprint density at radius 3 is 2.83 bits per heavy atom. The molecular formula is C25H30ClN5O4. The predicted molar refractivity (Wildman–Crippen MR) is 137 cm³/mol. The number of rotatable bonds is 8. The summed E-state index contributed by atoms with van der Waals surface area (Å²) >= 11 is 6.11. The molecule has 0 spiro atoms. The third kappa shape index (κ3) is 5.87. The van der Waals surface area contributed by atoms with E-state index in [1.165, 1.54) is 19.2 Å². The van der Waals surface area contributed by atoms with Gasteiger partial charge in [-0.15, -0.1) is 0 Å². The van der Waals surface area contributed by atoms with Crippen LogP contribution >= 0.6 is 11.6 Å². The number of benzene rings is 2. The van der Waals surface area contributed by atoms with Crippen LogP contribution in [0.1, 0.15) is 23.2 Å². The molecule has 2 aromatic carbocycles. The van der Waals surface area contributed by atoms with Crippen molar-refractivity contribution in [1.82, 2.24) is 15.2 Å². The van der Waals surface area contributed by atoms with Gasteiger partial charge in [-0.1, -0.05) is 11.6 Å². The number of carbonyl (C=O) groups is 2.